The van der Waals surface area contributed by atoms with Gasteiger partial charge in [0, 0.05) is 13.1 Å². The van der Waals surface area contributed by atoms with Crippen molar-refractivity contribution in [2.75, 3.05) is 0 Å². The molecule has 0 aliphatic carbocycles. The third-order valence-electron chi connectivity index (χ3n) is 2.54. The van der Waals surface area contributed by atoms with Crippen LogP contribution in [0.2, 0.25) is 5.15 Å². The number of hydrogen-bond acceptors (Lipinski definition) is 4. The first-order chi connectivity index (χ1) is 8.52. The molecule has 0 amide bonds. The number of nitriles is 1. The van der Waals surface area contributed by atoms with Gasteiger partial charge >= 0.3 is 0 Å². The molecule has 2 rings (SSSR count). The molecule has 0 aromatic carbocycles. The molecule has 2 heterocycles. The Morgan fingerprint density at radius 3 is 2.83 bits per heavy atom. The van der Waals surface area contributed by atoms with Gasteiger partial charge < -0.3 is 0 Å². The van der Waals surface area contributed by atoms with Crippen LogP contribution in [0.15, 0.2) is 17.2 Å². The molecule has 92 valence electrons. The summed E-state index contributed by atoms with van der Waals surface area (Å²) in [6.07, 6.45) is 1.40. The number of hydrogen-bond donors (Lipinski definition) is 0. The van der Waals surface area contributed by atoms with Crippen LogP contribution in [0.3, 0.4) is 0 Å². The van der Waals surface area contributed by atoms with Crippen molar-refractivity contribution in [3.05, 3.63) is 44.9 Å². The molecule has 0 N–H and O–H groups in total. The van der Waals surface area contributed by atoms with Gasteiger partial charge in [-0.05, 0) is 6.92 Å². The van der Waals surface area contributed by atoms with Crippen LogP contribution in [0.5, 0.6) is 0 Å². The van der Waals surface area contributed by atoms with Gasteiger partial charge in [0.25, 0.3) is 5.56 Å². The predicted octanol–water partition coefficient (Wildman–Crippen LogP) is 0.859. The zero-order chi connectivity index (χ0) is 13.3. The maximum atomic E-state index is 11.9. The van der Waals surface area contributed by atoms with Crippen LogP contribution >= 0.6 is 11.6 Å². The van der Waals surface area contributed by atoms with Crippen LogP contribution in [0.1, 0.15) is 17.0 Å². The van der Waals surface area contributed by atoms with Crippen LogP contribution < -0.4 is 5.56 Å². The van der Waals surface area contributed by atoms with Crippen molar-refractivity contribution in [3.63, 3.8) is 0 Å². The molecule has 7 heteroatoms. The highest BCUT2D eigenvalue weighted by atomic mass is 35.5. The molecule has 0 bridgehead atoms. The van der Waals surface area contributed by atoms with Gasteiger partial charge in [-0.15, -0.1) is 0 Å². The van der Waals surface area contributed by atoms with E-state index >= 15 is 0 Å². The quantitative estimate of drug-likeness (QED) is 0.805. The second kappa shape index (κ2) is 4.63. The summed E-state index contributed by atoms with van der Waals surface area (Å²) in [7, 11) is 1.71. The fourth-order valence-electron chi connectivity index (χ4n) is 1.56. The maximum Gasteiger partial charge on any atom is 0.271 e. The van der Waals surface area contributed by atoms with Crippen molar-refractivity contribution in [2.24, 2.45) is 7.05 Å². The van der Waals surface area contributed by atoms with E-state index in [-0.39, 0.29) is 17.7 Å². The van der Waals surface area contributed by atoms with E-state index in [0.29, 0.717) is 16.5 Å². The Bertz CT molecular complexity index is 675. The minimum atomic E-state index is -0.369. The molecule has 0 saturated heterocycles. The van der Waals surface area contributed by atoms with Gasteiger partial charge in [0.15, 0.2) is 0 Å². The van der Waals surface area contributed by atoms with E-state index in [1.165, 1.54) is 15.6 Å². The normalized spacial score (nSPS) is 10.3. The van der Waals surface area contributed by atoms with Gasteiger partial charge in [-0.25, -0.2) is 4.98 Å². The van der Waals surface area contributed by atoms with Gasteiger partial charge in [0.2, 0.25) is 0 Å². The molecule has 6 nitrogen and oxygen atoms in total. The summed E-state index contributed by atoms with van der Waals surface area (Å²) in [4.78, 5) is 16.0. The van der Waals surface area contributed by atoms with Crippen LogP contribution in [0.25, 0.3) is 0 Å². The lowest BCUT2D eigenvalue weighted by Gasteiger charge is -2.04. The molecule has 0 saturated carbocycles. The summed E-state index contributed by atoms with van der Waals surface area (Å²) in [6, 6.07) is 3.53. The first kappa shape index (κ1) is 12.3. The number of nitrogens with zero attached hydrogens (tertiary/aromatic N) is 5. The smallest absolute Gasteiger partial charge is 0.271 e. The van der Waals surface area contributed by atoms with Crippen LogP contribution in [-0.2, 0) is 13.6 Å². The van der Waals surface area contributed by atoms with E-state index in [4.69, 9.17) is 16.9 Å². The molecule has 18 heavy (non-hydrogen) atoms. The molecule has 0 atom stereocenters. The fraction of sp³-hybridized carbons (Fsp3) is 0.273. The Balaban J connectivity index is 2.42. The molecule has 0 aliphatic rings. The minimum Gasteiger partial charge on any atom is -0.292 e. The summed E-state index contributed by atoms with van der Waals surface area (Å²) in [6.45, 7) is 1.86. The SMILES string of the molecule is Cc1ncn(Cc2cc(Cl)n(C)n2)c(=O)c1C#N. The molecule has 2 aromatic heterocycles. The zero-order valence-electron chi connectivity index (χ0n) is 9.88. The van der Waals surface area contributed by atoms with Crippen molar-refractivity contribution < 1.29 is 0 Å². The highest BCUT2D eigenvalue weighted by molar-refractivity contribution is 6.29. The Morgan fingerprint density at radius 1 is 1.56 bits per heavy atom. The van der Waals surface area contributed by atoms with Crippen molar-refractivity contribution in [2.45, 2.75) is 13.5 Å². The standard InChI is InChI=1S/C11H10ClN5O/c1-7-9(4-13)11(18)17(6-14-7)5-8-3-10(12)16(2)15-8/h3,6H,5H2,1-2H3. The summed E-state index contributed by atoms with van der Waals surface area (Å²) in [5.74, 6) is 0. The van der Waals surface area contributed by atoms with Gasteiger partial charge in [-0.1, -0.05) is 11.6 Å². The molecule has 0 fully saturated rings. The average molecular weight is 264 g/mol. The summed E-state index contributed by atoms with van der Waals surface area (Å²) in [5, 5.41) is 13.5. The van der Waals surface area contributed by atoms with Crippen LogP contribution in [0, 0.1) is 18.3 Å². The van der Waals surface area contributed by atoms with Gasteiger partial charge in [-0.2, -0.15) is 10.4 Å². The van der Waals surface area contributed by atoms with E-state index < -0.39 is 0 Å². The highest BCUT2D eigenvalue weighted by Crippen LogP contribution is 2.09. The predicted molar refractivity (Wildman–Crippen MR) is 65.3 cm³/mol. The molecular weight excluding hydrogens is 254 g/mol. The largest absolute Gasteiger partial charge is 0.292 e. The fourth-order valence-corrected chi connectivity index (χ4v) is 1.73. The van der Waals surface area contributed by atoms with E-state index in [1.54, 1.807) is 20.0 Å². The topological polar surface area (TPSA) is 76.5 Å². The Labute approximate surface area is 108 Å². The first-order valence-electron chi connectivity index (χ1n) is 5.17. The number of aromatic nitrogens is 4. The lowest BCUT2D eigenvalue weighted by molar-refractivity contribution is 0.677. The van der Waals surface area contributed by atoms with E-state index in [2.05, 4.69) is 10.1 Å². The summed E-state index contributed by atoms with van der Waals surface area (Å²) < 4.78 is 2.85. The highest BCUT2D eigenvalue weighted by Gasteiger charge is 2.10. The van der Waals surface area contributed by atoms with Gasteiger partial charge in [0.05, 0.1) is 24.3 Å². The van der Waals surface area contributed by atoms with Gasteiger partial charge in [0.1, 0.15) is 16.8 Å². The van der Waals surface area contributed by atoms with E-state index in [9.17, 15) is 4.79 Å². The van der Waals surface area contributed by atoms with Gasteiger partial charge in [-0.3, -0.25) is 14.0 Å². The second-order valence-corrected chi connectivity index (χ2v) is 4.22. The Hall–Kier alpha value is -2.13. The third kappa shape index (κ3) is 2.13. The summed E-state index contributed by atoms with van der Waals surface area (Å²) in [5.41, 5.74) is 0.753. The van der Waals surface area contributed by atoms with Crippen molar-refractivity contribution in [1.82, 2.24) is 19.3 Å². The minimum absolute atomic E-state index is 0.0551. The lowest BCUT2D eigenvalue weighted by Crippen LogP contribution is -2.25. The van der Waals surface area contributed by atoms with E-state index in [1.807, 2.05) is 6.07 Å². The molecular formula is C11H10ClN5O. The Morgan fingerprint density at radius 2 is 2.28 bits per heavy atom. The molecule has 0 radical (unpaired) electrons. The number of halogens is 1. The average Bonchev–Trinajstić information content (AvgIpc) is 2.63. The number of rotatable bonds is 2. The summed E-state index contributed by atoms with van der Waals surface area (Å²) >= 11 is 5.86. The molecule has 2 aromatic rings. The Kier molecular flexibility index (Phi) is 3.17. The van der Waals surface area contributed by atoms with Crippen molar-refractivity contribution in [3.8, 4) is 6.07 Å². The first-order valence-corrected chi connectivity index (χ1v) is 5.55. The number of aryl methyl sites for hydroxylation is 2. The van der Waals surface area contributed by atoms with E-state index in [0.717, 1.165) is 0 Å². The molecule has 0 spiro atoms. The third-order valence-corrected chi connectivity index (χ3v) is 2.90. The van der Waals surface area contributed by atoms with Crippen molar-refractivity contribution in [1.29, 1.82) is 5.26 Å². The second-order valence-electron chi connectivity index (χ2n) is 3.83. The van der Waals surface area contributed by atoms with Crippen LogP contribution in [0.4, 0.5) is 0 Å². The van der Waals surface area contributed by atoms with Crippen LogP contribution in [-0.4, -0.2) is 19.3 Å². The zero-order valence-corrected chi connectivity index (χ0v) is 10.6. The van der Waals surface area contributed by atoms with Crippen molar-refractivity contribution >= 4 is 11.6 Å². The molecule has 0 aliphatic heterocycles. The lowest BCUT2D eigenvalue weighted by atomic mass is 10.2. The maximum absolute atomic E-state index is 11.9. The monoisotopic (exact) mass is 263 g/mol. The molecule has 0 unspecified atom stereocenters.